The number of imidazole rings is 1. The Bertz CT molecular complexity index is 462. The Hall–Kier alpha value is -2.09. The molecule has 20 heavy (non-hydrogen) atoms. The summed E-state index contributed by atoms with van der Waals surface area (Å²) >= 11 is 0. The van der Waals surface area contributed by atoms with Gasteiger partial charge in [-0.3, -0.25) is 0 Å². The zero-order valence-electron chi connectivity index (χ0n) is 11.2. The lowest BCUT2D eigenvalue weighted by Gasteiger charge is -2.20. The number of methoxy groups -OCH3 is 1. The molecule has 0 aromatic carbocycles. The summed E-state index contributed by atoms with van der Waals surface area (Å²) < 4.78 is 5.18. The van der Waals surface area contributed by atoms with Crippen LogP contribution in [-0.4, -0.2) is 64.3 Å². The molecule has 2 amide bonds. The number of amides is 2. The van der Waals surface area contributed by atoms with Gasteiger partial charge in [0.2, 0.25) is 0 Å². The molecule has 1 aromatic rings. The summed E-state index contributed by atoms with van der Waals surface area (Å²) in [7, 11) is 1.60. The van der Waals surface area contributed by atoms with E-state index in [-0.39, 0.29) is 18.6 Å². The Morgan fingerprint density at radius 1 is 1.70 bits per heavy atom. The maximum atomic E-state index is 12.0. The quantitative estimate of drug-likeness (QED) is 0.695. The number of carboxylic acids is 1. The molecule has 3 N–H and O–H groups in total. The van der Waals surface area contributed by atoms with Gasteiger partial charge in [0, 0.05) is 38.5 Å². The molecule has 0 spiro atoms. The number of carbonyl (C=O) groups excluding carboxylic acids is 1. The number of aliphatic carboxylic acids is 1. The van der Waals surface area contributed by atoms with Crippen LogP contribution in [0.15, 0.2) is 12.5 Å². The average molecular weight is 282 g/mol. The third kappa shape index (κ3) is 3.47. The summed E-state index contributed by atoms with van der Waals surface area (Å²) in [5.41, 5.74) is 0.661. The van der Waals surface area contributed by atoms with Crippen LogP contribution in [0.5, 0.6) is 0 Å². The number of likely N-dealkylation sites (tertiary alicyclic amines) is 1. The molecule has 0 radical (unpaired) electrons. The molecule has 0 aliphatic carbocycles. The topological polar surface area (TPSA) is 108 Å². The highest BCUT2D eigenvalue weighted by molar-refractivity contribution is 5.82. The predicted molar refractivity (Wildman–Crippen MR) is 69.2 cm³/mol. The molecular formula is C12H18N4O4. The molecule has 2 rings (SSSR count). The number of urea groups is 1. The van der Waals surface area contributed by atoms with Gasteiger partial charge in [-0.15, -0.1) is 0 Å². The van der Waals surface area contributed by atoms with Gasteiger partial charge in [-0.1, -0.05) is 0 Å². The molecule has 1 fully saturated rings. The van der Waals surface area contributed by atoms with Crippen molar-refractivity contribution in [3.05, 3.63) is 18.2 Å². The van der Waals surface area contributed by atoms with Crippen LogP contribution < -0.4 is 5.32 Å². The van der Waals surface area contributed by atoms with E-state index < -0.39 is 12.0 Å². The summed E-state index contributed by atoms with van der Waals surface area (Å²) in [5.74, 6) is -1.07. The Labute approximate surface area is 116 Å². The summed E-state index contributed by atoms with van der Waals surface area (Å²) in [4.78, 5) is 31.4. The van der Waals surface area contributed by atoms with Crippen molar-refractivity contribution in [3.8, 4) is 0 Å². The first-order valence-corrected chi connectivity index (χ1v) is 6.38. The summed E-state index contributed by atoms with van der Waals surface area (Å²) in [5, 5.41) is 11.7. The summed E-state index contributed by atoms with van der Waals surface area (Å²) in [6.45, 7) is 1.06. The Morgan fingerprint density at radius 3 is 3.05 bits per heavy atom. The second-order valence-corrected chi connectivity index (χ2v) is 4.71. The highest BCUT2D eigenvalue weighted by atomic mass is 16.5. The van der Waals surface area contributed by atoms with Gasteiger partial charge in [0.05, 0.1) is 12.4 Å². The number of hydrogen-bond acceptors (Lipinski definition) is 4. The van der Waals surface area contributed by atoms with Crippen LogP contribution in [0, 0.1) is 0 Å². The average Bonchev–Trinajstić information content (AvgIpc) is 3.08. The summed E-state index contributed by atoms with van der Waals surface area (Å²) in [6, 6.07) is -1.36. The smallest absolute Gasteiger partial charge is 0.326 e. The van der Waals surface area contributed by atoms with E-state index in [2.05, 4.69) is 15.3 Å². The van der Waals surface area contributed by atoms with Crippen molar-refractivity contribution in [2.45, 2.75) is 25.0 Å². The number of aromatic nitrogens is 2. The second kappa shape index (κ2) is 6.38. The van der Waals surface area contributed by atoms with Gasteiger partial charge in [-0.25, -0.2) is 14.6 Å². The van der Waals surface area contributed by atoms with Gasteiger partial charge in [-0.2, -0.15) is 0 Å². The Balaban J connectivity index is 1.91. The lowest BCUT2D eigenvalue weighted by Crippen LogP contribution is -2.48. The largest absolute Gasteiger partial charge is 0.480 e. The molecule has 8 heteroatoms. The van der Waals surface area contributed by atoms with Crippen molar-refractivity contribution in [1.29, 1.82) is 0 Å². The third-order valence-electron chi connectivity index (χ3n) is 3.34. The lowest BCUT2D eigenvalue weighted by molar-refractivity contribution is -0.139. The normalized spacial score (nSPS) is 19.9. The number of nitrogens with zero attached hydrogens (tertiary/aromatic N) is 2. The van der Waals surface area contributed by atoms with Crippen molar-refractivity contribution < 1.29 is 19.4 Å². The molecule has 2 unspecified atom stereocenters. The Kier molecular flexibility index (Phi) is 4.57. The minimum absolute atomic E-state index is 0.0247. The standard InChI is InChI=1S/C12H18N4O4/c1-20-9-2-3-16(6-9)12(19)15-10(11(17)18)4-8-5-13-7-14-8/h5,7,9-10H,2-4,6H2,1H3,(H,13,14)(H,15,19)(H,17,18). The number of rotatable bonds is 5. The van der Waals surface area contributed by atoms with Crippen LogP contribution in [0.25, 0.3) is 0 Å². The van der Waals surface area contributed by atoms with Gasteiger partial charge in [0.25, 0.3) is 0 Å². The third-order valence-corrected chi connectivity index (χ3v) is 3.34. The fourth-order valence-electron chi connectivity index (χ4n) is 2.16. The van der Waals surface area contributed by atoms with Gasteiger partial charge < -0.3 is 25.0 Å². The Morgan fingerprint density at radius 2 is 2.50 bits per heavy atom. The fraction of sp³-hybridized carbons (Fsp3) is 0.583. The minimum atomic E-state index is -1.07. The first kappa shape index (κ1) is 14.3. The van der Waals surface area contributed by atoms with Crippen molar-refractivity contribution in [2.75, 3.05) is 20.2 Å². The summed E-state index contributed by atoms with van der Waals surface area (Å²) in [6.07, 6.45) is 3.97. The van der Waals surface area contributed by atoms with Crippen LogP contribution >= 0.6 is 0 Å². The molecule has 2 heterocycles. The van der Waals surface area contributed by atoms with Crippen LogP contribution in [0.2, 0.25) is 0 Å². The van der Waals surface area contributed by atoms with Gasteiger partial charge in [0.1, 0.15) is 6.04 Å². The number of carbonyl (C=O) groups is 2. The zero-order chi connectivity index (χ0) is 14.5. The van der Waals surface area contributed by atoms with E-state index in [0.29, 0.717) is 18.8 Å². The number of nitrogens with one attached hydrogen (secondary N) is 2. The first-order valence-electron chi connectivity index (χ1n) is 6.38. The first-order chi connectivity index (χ1) is 9.60. The van der Waals surface area contributed by atoms with Crippen molar-refractivity contribution >= 4 is 12.0 Å². The molecule has 1 saturated heterocycles. The molecule has 0 saturated carbocycles. The number of ether oxygens (including phenoxy) is 1. The molecule has 0 bridgehead atoms. The van der Waals surface area contributed by atoms with E-state index in [9.17, 15) is 9.59 Å². The van der Waals surface area contributed by atoms with Crippen LogP contribution in [0.1, 0.15) is 12.1 Å². The maximum absolute atomic E-state index is 12.0. The van der Waals surface area contributed by atoms with E-state index in [4.69, 9.17) is 9.84 Å². The molecule has 1 aromatic heterocycles. The number of hydrogen-bond donors (Lipinski definition) is 3. The van der Waals surface area contributed by atoms with Crippen molar-refractivity contribution in [3.63, 3.8) is 0 Å². The SMILES string of the molecule is COC1CCN(C(=O)NC(Cc2cnc[nH]2)C(=O)O)C1. The van der Waals surface area contributed by atoms with Gasteiger partial charge >= 0.3 is 12.0 Å². The van der Waals surface area contributed by atoms with E-state index in [1.165, 1.54) is 6.33 Å². The molecule has 110 valence electrons. The van der Waals surface area contributed by atoms with Crippen molar-refractivity contribution in [1.82, 2.24) is 20.2 Å². The van der Waals surface area contributed by atoms with Crippen LogP contribution in [-0.2, 0) is 16.0 Å². The number of aromatic amines is 1. The van der Waals surface area contributed by atoms with Crippen molar-refractivity contribution in [2.24, 2.45) is 0 Å². The molecule has 8 nitrogen and oxygen atoms in total. The molecule has 1 aliphatic heterocycles. The second-order valence-electron chi connectivity index (χ2n) is 4.71. The van der Waals surface area contributed by atoms with E-state index >= 15 is 0 Å². The van der Waals surface area contributed by atoms with E-state index in [0.717, 1.165) is 6.42 Å². The maximum Gasteiger partial charge on any atom is 0.326 e. The zero-order valence-corrected chi connectivity index (χ0v) is 11.2. The van der Waals surface area contributed by atoms with Crippen LogP contribution in [0.3, 0.4) is 0 Å². The molecule has 1 aliphatic rings. The van der Waals surface area contributed by atoms with E-state index in [1.807, 2.05) is 0 Å². The molecule has 2 atom stereocenters. The number of H-pyrrole nitrogens is 1. The number of carboxylic acid groups (broad SMARTS) is 1. The van der Waals surface area contributed by atoms with Gasteiger partial charge in [-0.05, 0) is 6.42 Å². The lowest BCUT2D eigenvalue weighted by atomic mass is 10.1. The molecular weight excluding hydrogens is 264 g/mol. The fourth-order valence-corrected chi connectivity index (χ4v) is 2.16. The minimum Gasteiger partial charge on any atom is -0.480 e. The highest BCUT2D eigenvalue weighted by Gasteiger charge is 2.29. The monoisotopic (exact) mass is 282 g/mol. The predicted octanol–water partition coefficient (Wildman–Crippen LogP) is -0.164. The highest BCUT2D eigenvalue weighted by Crippen LogP contribution is 2.12. The van der Waals surface area contributed by atoms with Gasteiger partial charge in [0.15, 0.2) is 0 Å². The van der Waals surface area contributed by atoms with E-state index in [1.54, 1.807) is 18.2 Å². The van der Waals surface area contributed by atoms with Crippen LogP contribution in [0.4, 0.5) is 4.79 Å².